The Balaban J connectivity index is 2.26. The van der Waals surface area contributed by atoms with Gasteiger partial charge in [0.15, 0.2) is 0 Å². The zero-order valence-electron chi connectivity index (χ0n) is 17.7. The summed E-state index contributed by atoms with van der Waals surface area (Å²) in [6.07, 6.45) is -1.81. The lowest BCUT2D eigenvalue weighted by atomic mass is 9.78. The molecule has 0 bridgehead atoms. The number of hydrogen-bond acceptors (Lipinski definition) is 4. The van der Waals surface area contributed by atoms with E-state index in [1.165, 1.54) is 18.2 Å². The highest BCUT2D eigenvalue weighted by atomic mass is 19.3. The Morgan fingerprint density at radius 3 is 2.52 bits per heavy atom. The van der Waals surface area contributed by atoms with Gasteiger partial charge in [-0.3, -0.25) is 14.4 Å². The van der Waals surface area contributed by atoms with Crippen molar-refractivity contribution >= 4 is 17.7 Å². The number of carbonyl (C=O) groups is 3. The van der Waals surface area contributed by atoms with Crippen molar-refractivity contribution in [2.45, 2.75) is 51.7 Å². The molecule has 1 aliphatic rings. The van der Waals surface area contributed by atoms with Gasteiger partial charge in [0.2, 0.25) is 11.8 Å². The van der Waals surface area contributed by atoms with Crippen LogP contribution >= 0.6 is 0 Å². The van der Waals surface area contributed by atoms with Gasteiger partial charge in [0.05, 0.1) is 6.54 Å². The van der Waals surface area contributed by atoms with Crippen LogP contribution in [0.4, 0.5) is 13.2 Å². The predicted molar refractivity (Wildman–Crippen MR) is 106 cm³/mol. The highest BCUT2D eigenvalue weighted by Gasteiger charge is 2.70. The summed E-state index contributed by atoms with van der Waals surface area (Å²) in [7, 11) is 0. The second-order valence-electron chi connectivity index (χ2n) is 8.46. The van der Waals surface area contributed by atoms with Crippen molar-refractivity contribution < 1.29 is 32.7 Å². The summed E-state index contributed by atoms with van der Waals surface area (Å²) in [6.45, 7) is 3.33. The highest BCUT2D eigenvalue weighted by Crippen LogP contribution is 2.48. The fourth-order valence-electron chi connectivity index (χ4n) is 3.62. The van der Waals surface area contributed by atoms with Gasteiger partial charge >= 0.3 is 0 Å². The number of carbonyl (C=O) groups excluding carboxylic acids is 3. The number of benzene rings is 1. The van der Waals surface area contributed by atoms with Gasteiger partial charge in [-0.05, 0) is 43.4 Å². The third-order valence-electron chi connectivity index (χ3n) is 5.60. The van der Waals surface area contributed by atoms with Crippen LogP contribution in [0.25, 0.3) is 0 Å². The Morgan fingerprint density at radius 1 is 1.32 bits per heavy atom. The molecule has 1 fully saturated rings. The molecule has 1 aromatic carbocycles. The van der Waals surface area contributed by atoms with Crippen molar-refractivity contribution in [3.05, 3.63) is 35.6 Å². The molecule has 172 valence electrons. The minimum absolute atomic E-state index is 0.00768. The van der Waals surface area contributed by atoms with E-state index in [1.54, 1.807) is 19.9 Å². The summed E-state index contributed by atoms with van der Waals surface area (Å²) in [6, 6.07) is 3.65. The first-order valence-electron chi connectivity index (χ1n) is 9.99. The second-order valence-corrected chi connectivity index (χ2v) is 8.46. The van der Waals surface area contributed by atoms with Crippen LogP contribution in [-0.4, -0.2) is 58.9 Å². The van der Waals surface area contributed by atoms with E-state index in [0.717, 1.165) is 6.92 Å². The van der Waals surface area contributed by atoms with E-state index in [2.05, 4.69) is 5.32 Å². The molecular weight excluding hydrogens is 415 g/mol. The average molecular weight is 443 g/mol. The van der Waals surface area contributed by atoms with E-state index in [4.69, 9.17) is 5.73 Å². The van der Waals surface area contributed by atoms with Crippen LogP contribution in [0.3, 0.4) is 0 Å². The standard InChI is InChI=1S/C21H28F3N3O4/c1-12(2)10-26-17(29)16-20(3,19(25)31)21(23,24)11-27(16)18(30)15(28)8-7-13-5-4-6-14(22)9-13/h4-6,9,12,15-16,28H,7-8,10-11H2,1-3H3,(H2,25,31)(H,26,29)/t15-,16?,20?/m0/s1. The number of nitrogens with zero attached hydrogens (tertiary/aromatic N) is 1. The van der Waals surface area contributed by atoms with Gasteiger partial charge < -0.3 is 21.1 Å². The topological polar surface area (TPSA) is 113 Å². The molecule has 0 aliphatic carbocycles. The van der Waals surface area contributed by atoms with Crippen LogP contribution in [0.2, 0.25) is 0 Å². The van der Waals surface area contributed by atoms with Crippen LogP contribution in [0, 0.1) is 17.2 Å². The molecular formula is C21H28F3N3O4. The molecule has 1 heterocycles. The van der Waals surface area contributed by atoms with E-state index in [0.29, 0.717) is 10.5 Å². The molecule has 3 atom stereocenters. The summed E-state index contributed by atoms with van der Waals surface area (Å²) >= 11 is 0. The largest absolute Gasteiger partial charge is 0.383 e. The van der Waals surface area contributed by atoms with Crippen LogP contribution in [0.5, 0.6) is 0 Å². The number of aliphatic hydroxyl groups is 1. The molecule has 31 heavy (non-hydrogen) atoms. The Kier molecular flexibility index (Phi) is 7.36. The van der Waals surface area contributed by atoms with Crippen molar-refractivity contribution in [2.24, 2.45) is 17.1 Å². The molecule has 10 heteroatoms. The maximum atomic E-state index is 14.8. The summed E-state index contributed by atoms with van der Waals surface area (Å²) in [4.78, 5) is 38.1. The van der Waals surface area contributed by atoms with Crippen molar-refractivity contribution in [1.29, 1.82) is 0 Å². The number of primary amides is 1. The predicted octanol–water partition coefficient (Wildman–Crippen LogP) is 1.23. The normalized spacial score (nSPS) is 23.6. The molecule has 7 nitrogen and oxygen atoms in total. The smallest absolute Gasteiger partial charge is 0.281 e. The molecule has 0 radical (unpaired) electrons. The maximum absolute atomic E-state index is 14.8. The Labute approximate surface area is 178 Å². The minimum atomic E-state index is -3.78. The zero-order chi connectivity index (χ0) is 23.6. The number of rotatable bonds is 8. The first-order chi connectivity index (χ1) is 14.3. The first kappa shape index (κ1) is 24.6. The molecule has 2 rings (SSSR count). The minimum Gasteiger partial charge on any atom is -0.383 e. The van der Waals surface area contributed by atoms with Crippen molar-refractivity contribution in [3.63, 3.8) is 0 Å². The summed E-state index contributed by atoms with van der Waals surface area (Å²) in [5, 5.41) is 12.8. The number of nitrogens with two attached hydrogens (primary N) is 1. The molecule has 1 saturated heterocycles. The Morgan fingerprint density at radius 2 is 1.97 bits per heavy atom. The van der Waals surface area contributed by atoms with Gasteiger partial charge in [-0.25, -0.2) is 13.2 Å². The maximum Gasteiger partial charge on any atom is 0.281 e. The van der Waals surface area contributed by atoms with Gasteiger partial charge in [0.1, 0.15) is 23.4 Å². The van der Waals surface area contributed by atoms with Crippen LogP contribution < -0.4 is 11.1 Å². The van der Waals surface area contributed by atoms with Gasteiger partial charge in [0, 0.05) is 6.54 Å². The fraction of sp³-hybridized carbons (Fsp3) is 0.571. The number of likely N-dealkylation sites (tertiary alicyclic amines) is 1. The third-order valence-corrected chi connectivity index (χ3v) is 5.60. The summed E-state index contributed by atoms with van der Waals surface area (Å²) in [5.41, 5.74) is 3.10. The van der Waals surface area contributed by atoms with Crippen LogP contribution in [-0.2, 0) is 20.8 Å². The Bertz CT molecular complexity index is 849. The molecule has 0 saturated carbocycles. The summed E-state index contributed by atoms with van der Waals surface area (Å²) < 4.78 is 43.0. The molecule has 1 aromatic rings. The number of alkyl halides is 2. The molecule has 0 aromatic heterocycles. The van der Waals surface area contributed by atoms with E-state index < -0.39 is 53.6 Å². The van der Waals surface area contributed by atoms with Gasteiger partial charge in [-0.2, -0.15) is 0 Å². The van der Waals surface area contributed by atoms with E-state index in [9.17, 15) is 32.7 Å². The number of aryl methyl sites for hydroxylation is 1. The van der Waals surface area contributed by atoms with Crippen LogP contribution in [0.1, 0.15) is 32.8 Å². The number of amides is 3. The first-order valence-corrected chi connectivity index (χ1v) is 9.99. The number of halogens is 3. The number of nitrogens with one attached hydrogen (secondary N) is 1. The molecule has 4 N–H and O–H groups in total. The fourth-order valence-corrected chi connectivity index (χ4v) is 3.62. The monoisotopic (exact) mass is 443 g/mol. The molecule has 2 unspecified atom stereocenters. The molecule has 1 aliphatic heterocycles. The SMILES string of the molecule is CC(C)CNC(=O)C1N(C(=O)[C@@H](O)CCc2cccc(F)c2)CC(F)(F)C1(C)C(N)=O. The quantitative estimate of drug-likeness (QED) is 0.561. The van der Waals surface area contributed by atoms with Gasteiger partial charge in [0.25, 0.3) is 11.8 Å². The van der Waals surface area contributed by atoms with E-state index in [-0.39, 0.29) is 25.3 Å². The van der Waals surface area contributed by atoms with Crippen molar-refractivity contribution in [3.8, 4) is 0 Å². The lowest BCUT2D eigenvalue weighted by molar-refractivity contribution is -0.154. The van der Waals surface area contributed by atoms with Gasteiger partial charge in [-0.15, -0.1) is 0 Å². The van der Waals surface area contributed by atoms with Gasteiger partial charge in [-0.1, -0.05) is 26.0 Å². The Hall–Kier alpha value is -2.62. The van der Waals surface area contributed by atoms with E-state index in [1.807, 2.05) is 0 Å². The van der Waals surface area contributed by atoms with Crippen LogP contribution in [0.15, 0.2) is 24.3 Å². The highest BCUT2D eigenvalue weighted by molar-refractivity contribution is 5.97. The number of aliphatic hydroxyl groups excluding tert-OH is 1. The molecule has 3 amide bonds. The van der Waals surface area contributed by atoms with Crippen molar-refractivity contribution in [2.75, 3.05) is 13.1 Å². The summed E-state index contributed by atoms with van der Waals surface area (Å²) in [5.74, 6) is -7.77. The third kappa shape index (κ3) is 5.00. The van der Waals surface area contributed by atoms with E-state index >= 15 is 0 Å². The molecule has 0 spiro atoms. The lowest BCUT2D eigenvalue weighted by Crippen LogP contribution is -2.59. The van der Waals surface area contributed by atoms with Crippen molar-refractivity contribution in [1.82, 2.24) is 10.2 Å². The number of hydrogen-bond donors (Lipinski definition) is 3. The second kappa shape index (κ2) is 9.25. The lowest BCUT2D eigenvalue weighted by Gasteiger charge is -2.33. The zero-order valence-corrected chi connectivity index (χ0v) is 17.7. The average Bonchev–Trinajstić information content (AvgIpc) is 2.90.